The number of aryl methyl sites for hydroxylation is 1. The third-order valence-corrected chi connectivity index (χ3v) is 2.70. The van der Waals surface area contributed by atoms with Gasteiger partial charge in [0, 0.05) is 6.42 Å². The molecule has 0 radical (unpaired) electrons. The first-order chi connectivity index (χ1) is 9.15. The number of esters is 1. The van der Waals surface area contributed by atoms with Crippen LogP contribution in [0.5, 0.6) is 5.75 Å². The molecule has 0 unspecified atom stereocenters. The highest BCUT2D eigenvalue weighted by Gasteiger charge is 2.01. The predicted molar refractivity (Wildman–Crippen MR) is 73.1 cm³/mol. The van der Waals surface area contributed by atoms with Gasteiger partial charge in [0.05, 0.1) is 13.7 Å². The van der Waals surface area contributed by atoms with Crippen LogP contribution in [-0.4, -0.2) is 31.4 Å². The normalized spacial score (nSPS) is 11.2. The van der Waals surface area contributed by atoms with Gasteiger partial charge in [0.1, 0.15) is 12.4 Å². The average Bonchev–Trinajstić information content (AvgIpc) is 2.45. The highest BCUT2D eigenvalue weighted by Crippen LogP contribution is 2.13. The third kappa shape index (κ3) is 6.06. The summed E-state index contributed by atoms with van der Waals surface area (Å²) in [7, 11) is 1.39. The molecule has 19 heavy (non-hydrogen) atoms. The minimum Gasteiger partial charge on any atom is -0.490 e. The molecule has 104 valence electrons. The summed E-state index contributed by atoms with van der Waals surface area (Å²) in [6.45, 7) is 2.34. The zero-order valence-corrected chi connectivity index (χ0v) is 11.4. The molecule has 0 spiro atoms. The molecule has 0 aliphatic carbocycles. The monoisotopic (exact) mass is 264 g/mol. The quantitative estimate of drug-likeness (QED) is 0.605. The minimum absolute atomic E-state index is 0.0514. The first-order valence-electron chi connectivity index (χ1n) is 6.20. The number of methoxy groups -OCH3 is 1. The maximum Gasteiger partial charge on any atom is 0.305 e. The molecule has 0 atom stereocenters. The molecule has 0 fully saturated rings. The first kappa shape index (κ1) is 15.2. The molecular formula is C15H20O4. The molecule has 4 nitrogen and oxygen atoms in total. The lowest BCUT2D eigenvalue weighted by Gasteiger charge is -2.05. The molecule has 4 heteroatoms. The number of hydrogen-bond acceptors (Lipinski definition) is 4. The van der Waals surface area contributed by atoms with Crippen molar-refractivity contribution in [3.63, 3.8) is 0 Å². The Morgan fingerprint density at radius 2 is 2.00 bits per heavy atom. The van der Waals surface area contributed by atoms with Gasteiger partial charge in [-0.25, -0.2) is 0 Å². The smallest absolute Gasteiger partial charge is 0.305 e. The van der Waals surface area contributed by atoms with Gasteiger partial charge >= 0.3 is 5.97 Å². The predicted octanol–water partition coefficient (Wildman–Crippen LogP) is 2.11. The first-order valence-corrected chi connectivity index (χ1v) is 6.20. The van der Waals surface area contributed by atoms with E-state index in [0.29, 0.717) is 19.4 Å². The van der Waals surface area contributed by atoms with Crippen molar-refractivity contribution in [1.82, 2.24) is 0 Å². The van der Waals surface area contributed by atoms with Gasteiger partial charge in [0.2, 0.25) is 0 Å². The Labute approximate surface area is 113 Å². The van der Waals surface area contributed by atoms with E-state index >= 15 is 0 Å². The Hall–Kier alpha value is -1.81. The highest BCUT2D eigenvalue weighted by molar-refractivity contribution is 5.69. The largest absolute Gasteiger partial charge is 0.490 e. The second-order valence-electron chi connectivity index (χ2n) is 4.24. The maximum atomic E-state index is 11.0. The van der Waals surface area contributed by atoms with Crippen molar-refractivity contribution in [1.29, 1.82) is 0 Å². The average molecular weight is 264 g/mol. The van der Waals surface area contributed by atoms with Crippen LogP contribution < -0.4 is 4.74 Å². The van der Waals surface area contributed by atoms with Crippen LogP contribution in [0.15, 0.2) is 35.9 Å². The summed E-state index contributed by atoms with van der Waals surface area (Å²) >= 11 is 0. The van der Waals surface area contributed by atoms with Gasteiger partial charge in [0.25, 0.3) is 0 Å². The van der Waals surface area contributed by atoms with Crippen molar-refractivity contribution < 1.29 is 19.4 Å². The van der Waals surface area contributed by atoms with Crippen molar-refractivity contribution in [2.24, 2.45) is 0 Å². The fourth-order valence-corrected chi connectivity index (χ4v) is 1.45. The topological polar surface area (TPSA) is 55.8 Å². The van der Waals surface area contributed by atoms with E-state index in [1.165, 1.54) is 7.11 Å². The number of carbonyl (C=O) groups excluding carboxylic acids is 1. The van der Waals surface area contributed by atoms with Crippen LogP contribution in [0.3, 0.4) is 0 Å². The van der Waals surface area contributed by atoms with E-state index in [0.717, 1.165) is 16.9 Å². The van der Waals surface area contributed by atoms with Crippen molar-refractivity contribution in [2.75, 3.05) is 20.3 Å². The number of rotatable bonds is 7. The van der Waals surface area contributed by atoms with E-state index < -0.39 is 0 Å². The Kier molecular flexibility index (Phi) is 6.68. The summed E-state index contributed by atoms with van der Waals surface area (Å²) in [6, 6.07) is 7.60. The molecule has 0 bridgehead atoms. The zero-order chi connectivity index (χ0) is 14.1. The number of aliphatic hydroxyl groups excluding tert-OH is 1. The SMILES string of the molecule is COC(=O)CCc1ccc(OC/C=C(/C)CO)cc1. The molecule has 1 N–H and O–H groups in total. The number of aliphatic hydroxyl groups is 1. The van der Waals surface area contributed by atoms with E-state index in [-0.39, 0.29) is 12.6 Å². The standard InChI is InChI=1S/C15H20O4/c1-12(11-16)9-10-19-14-6-3-13(4-7-14)5-8-15(17)18-2/h3-4,6-7,9,16H,5,8,10-11H2,1-2H3/b12-9-. The molecule has 0 aromatic heterocycles. The van der Waals surface area contributed by atoms with Gasteiger partial charge < -0.3 is 14.6 Å². The van der Waals surface area contributed by atoms with Gasteiger partial charge in [-0.15, -0.1) is 0 Å². The van der Waals surface area contributed by atoms with Crippen molar-refractivity contribution in [3.8, 4) is 5.75 Å². The highest BCUT2D eigenvalue weighted by atomic mass is 16.5. The van der Waals surface area contributed by atoms with E-state index in [4.69, 9.17) is 9.84 Å². The van der Waals surface area contributed by atoms with Crippen molar-refractivity contribution in [2.45, 2.75) is 19.8 Å². The lowest BCUT2D eigenvalue weighted by atomic mass is 10.1. The summed E-state index contributed by atoms with van der Waals surface area (Å²) < 4.78 is 10.1. The van der Waals surface area contributed by atoms with Gasteiger partial charge in [-0.05, 0) is 42.7 Å². The zero-order valence-electron chi connectivity index (χ0n) is 11.4. The molecule has 1 aromatic rings. The second kappa shape index (κ2) is 8.32. The Balaban J connectivity index is 2.41. The minimum atomic E-state index is -0.204. The van der Waals surface area contributed by atoms with Gasteiger partial charge in [-0.1, -0.05) is 12.1 Å². The summed E-state index contributed by atoms with van der Waals surface area (Å²) in [5.41, 5.74) is 1.95. The van der Waals surface area contributed by atoms with E-state index in [9.17, 15) is 4.79 Å². The summed E-state index contributed by atoms with van der Waals surface area (Å²) in [5.74, 6) is 0.564. The van der Waals surface area contributed by atoms with E-state index in [1.54, 1.807) is 0 Å². The van der Waals surface area contributed by atoms with Crippen molar-refractivity contribution in [3.05, 3.63) is 41.5 Å². The molecule has 0 heterocycles. The van der Waals surface area contributed by atoms with Crippen LogP contribution in [0.1, 0.15) is 18.9 Å². The van der Waals surface area contributed by atoms with Crippen LogP contribution in [0.25, 0.3) is 0 Å². The summed E-state index contributed by atoms with van der Waals surface area (Å²) in [6.07, 6.45) is 2.89. The van der Waals surface area contributed by atoms with Crippen molar-refractivity contribution >= 4 is 5.97 Å². The fourth-order valence-electron chi connectivity index (χ4n) is 1.45. The van der Waals surface area contributed by atoms with Gasteiger partial charge in [0.15, 0.2) is 0 Å². The molecule has 1 rings (SSSR count). The molecule has 0 aliphatic rings. The van der Waals surface area contributed by atoms with Gasteiger partial charge in [-0.2, -0.15) is 0 Å². The molecule has 1 aromatic carbocycles. The lowest BCUT2D eigenvalue weighted by molar-refractivity contribution is -0.140. The Morgan fingerprint density at radius 3 is 2.58 bits per heavy atom. The molecule has 0 aliphatic heterocycles. The summed E-state index contributed by atoms with van der Waals surface area (Å²) in [5, 5.41) is 8.83. The number of benzene rings is 1. The summed E-state index contributed by atoms with van der Waals surface area (Å²) in [4.78, 5) is 11.0. The van der Waals surface area contributed by atoms with Crippen LogP contribution in [-0.2, 0) is 16.0 Å². The number of hydrogen-bond donors (Lipinski definition) is 1. The molecule has 0 amide bonds. The van der Waals surface area contributed by atoms with E-state index in [1.807, 2.05) is 37.3 Å². The lowest BCUT2D eigenvalue weighted by Crippen LogP contribution is -2.02. The Bertz CT molecular complexity index is 420. The van der Waals surface area contributed by atoms with E-state index in [2.05, 4.69) is 4.74 Å². The third-order valence-electron chi connectivity index (χ3n) is 2.70. The van der Waals surface area contributed by atoms with Crippen LogP contribution in [0, 0.1) is 0 Å². The molecular weight excluding hydrogens is 244 g/mol. The van der Waals surface area contributed by atoms with Crippen LogP contribution >= 0.6 is 0 Å². The Morgan fingerprint density at radius 1 is 1.32 bits per heavy atom. The number of ether oxygens (including phenoxy) is 2. The molecule has 0 saturated carbocycles. The van der Waals surface area contributed by atoms with Crippen LogP contribution in [0.2, 0.25) is 0 Å². The second-order valence-corrected chi connectivity index (χ2v) is 4.24. The van der Waals surface area contributed by atoms with Gasteiger partial charge in [-0.3, -0.25) is 4.79 Å². The maximum absolute atomic E-state index is 11.0. The molecule has 0 saturated heterocycles. The fraction of sp³-hybridized carbons (Fsp3) is 0.400. The van der Waals surface area contributed by atoms with Crippen LogP contribution in [0.4, 0.5) is 0 Å². The number of carbonyl (C=O) groups is 1.